The van der Waals surface area contributed by atoms with Gasteiger partial charge in [0, 0.05) is 26.2 Å². The Morgan fingerprint density at radius 3 is 2.09 bits per heavy atom. The maximum atomic E-state index is 5.92. The molecule has 0 atom stereocenters. The van der Waals surface area contributed by atoms with E-state index in [4.69, 9.17) is 9.47 Å². The Morgan fingerprint density at radius 1 is 0.870 bits per heavy atom. The van der Waals surface area contributed by atoms with E-state index in [0.717, 1.165) is 44.0 Å². The number of piperazine rings is 1. The second-order valence-corrected chi connectivity index (χ2v) is 6.35. The van der Waals surface area contributed by atoms with Gasteiger partial charge < -0.3 is 19.3 Å². The number of nitrogens with zero attached hydrogens (tertiary/aromatic N) is 2. The minimum Gasteiger partial charge on any atom is -0.490 e. The molecule has 1 heterocycles. The fraction of sp³-hybridized carbons (Fsp3) is 0.684. The third-order valence-corrected chi connectivity index (χ3v) is 4.33. The van der Waals surface area contributed by atoms with E-state index < -0.39 is 0 Å². The van der Waals surface area contributed by atoms with Gasteiger partial charge in [0.2, 0.25) is 0 Å². The molecule has 0 unspecified atom stereocenters. The van der Waals surface area contributed by atoms with Crippen LogP contribution in [0, 0.1) is 0 Å². The van der Waals surface area contributed by atoms with Crippen molar-refractivity contribution in [3.05, 3.63) is 24.3 Å². The van der Waals surface area contributed by atoms with E-state index in [1.807, 2.05) is 24.3 Å². The summed E-state index contributed by atoms with van der Waals surface area (Å²) in [5, 5.41) is 0. The maximum Gasteiger partial charge on any atom is 0.161 e. The van der Waals surface area contributed by atoms with Crippen LogP contribution < -0.4 is 9.47 Å². The number of ether oxygens (including phenoxy) is 2. The number of hydrogen-bond donors (Lipinski definition) is 0. The summed E-state index contributed by atoms with van der Waals surface area (Å²) < 4.78 is 11.7. The predicted molar refractivity (Wildman–Crippen MR) is 95.5 cm³/mol. The van der Waals surface area contributed by atoms with Crippen molar-refractivity contribution in [1.82, 2.24) is 9.80 Å². The second kappa shape index (κ2) is 10.5. The first-order valence-electron chi connectivity index (χ1n) is 9.05. The molecule has 0 spiro atoms. The van der Waals surface area contributed by atoms with E-state index in [2.05, 4.69) is 23.8 Å². The van der Waals surface area contributed by atoms with Crippen LogP contribution in [0.15, 0.2) is 24.3 Å². The Bertz CT molecular complexity index is 431. The van der Waals surface area contributed by atoms with Crippen LogP contribution in [-0.2, 0) is 0 Å². The highest BCUT2D eigenvalue weighted by molar-refractivity contribution is 5.39. The van der Waals surface area contributed by atoms with Crippen LogP contribution in [0.5, 0.6) is 11.5 Å². The molecular weight excluding hydrogens is 288 g/mol. The zero-order valence-electron chi connectivity index (χ0n) is 14.8. The highest BCUT2D eigenvalue weighted by Crippen LogP contribution is 2.26. The number of para-hydroxylation sites is 2. The predicted octanol–water partition coefficient (Wildman–Crippen LogP) is 3.27. The molecule has 23 heavy (non-hydrogen) atoms. The second-order valence-electron chi connectivity index (χ2n) is 6.35. The van der Waals surface area contributed by atoms with E-state index >= 15 is 0 Å². The molecule has 0 saturated carbocycles. The summed E-state index contributed by atoms with van der Waals surface area (Å²) in [6, 6.07) is 8.00. The lowest BCUT2D eigenvalue weighted by molar-refractivity contribution is 0.149. The smallest absolute Gasteiger partial charge is 0.161 e. The molecule has 4 heteroatoms. The molecule has 0 aromatic heterocycles. The normalized spacial score (nSPS) is 16.4. The van der Waals surface area contributed by atoms with Crippen molar-refractivity contribution >= 4 is 0 Å². The van der Waals surface area contributed by atoms with Gasteiger partial charge in [-0.05, 0) is 45.0 Å². The van der Waals surface area contributed by atoms with E-state index in [0.29, 0.717) is 0 Å². The Balaban J connectivity index is 1.62. The average Bonchev–Trinajstić information content (AvgIpc) is 2.58. The lowest BCUT2D eigenvalue weighted by atomic mass is 10.2. The van der Waals surface area contributed by atoms with Crippen molar-refractivity contribution < 1.29 is 9.47 Å². The summed E-state index contributed by atoms with van der Waals surface area (Å²) in [5.74, 6) is 1.75. The van der Waals surface area contributed by atoms with Crippen molar-refractivity contribution in [3.63, 3.8) is 0 Å². The molecule has 0 aliphatic carbocycles. The average molecular weight is 320 g/mol. The van der Waals surface area contributed by atoms with Crippen molar-refractivity contribution in [3.8, 4) is 11.5 Å². The van der Waals surface area contributed by atoms with Crippen LogP contribution in [0.2, 0.25) is 0 Å². The number of likely N-dealkylation sites (N-methyl/N-ethyl adjacent to an activating group) is 1. The van der Waals surface area contributed by atoms with Crippen LogP contribution in [0.1, 0.15) is 32.6 Å². The fourth-order valence-corrected chi connectivity index (χ4v) is 2.71. The maximum absolute atomic E-state index is 5.92. The third kappa shape index (κ3) is 6.80. The lowest BCUT2D eigenvalue weighted by Crippen LogP contribution is -2.44. The van der Waals surface area contributed by atoms with Crippen LogP contribution in [0.25, 0.3) is 0 Å². The first-order valence-corrected chi connectivity index (χ1v) is 9.05. The van der Waals surface area contributed by atoms with Crippen molar-refractivity contribution in [2.75, 3.05) is 53.0 Å². The van der Waals surface area contributed by atoms with E-state index in [-0.39, 0.29) is 0 Å². The quantitative estimate of drug-likeness (QED) is 0.618. The van der Waals surface area contributed by atoms with E-state index in [1.165, 1.54) is 39.1 Å². The Labute approximate surface area is 141 Å². The highest BCUT2D eigenvalue weighted by Gasteiger charge is 2.12. The molecule has 4 nitrogen and oxygen atoms in total. The number of rotatable bonds is 10. The molecule has 130 valence electrons. The Hall–Kier alpha value is -1.26. The van der Waals surface area contributed by atoms with Gasteiger partial charge in [0.1, 0.15) is 0 Å². The van der Waals surface area contributed by atoms with Crippen LogP contribution in [0.4, 0.5) is 0 Å². The van der Waals surface area contributed by atoms with Gasteiger partial charge in [-0.1, -0.05) is 25.5 Å². The molecule has 0 amide bonds. The molecule has 2 rings (SSSR count). The molecule has 1 aromatic rings. The van der Waals surface area contributed by atoms with Crippen LogP contribution in [-0.4, -0.2) is 62.8 Å². The van der Waals surface area contributed by atoms with Gasteiger partial charge in [-0.3, -0.25) is 0 Å². The summed E-state index contributed by atoms with van der Waals surface area (Å²) in [6.45, 7) is 9.68. The molecule has 1 aliphatic heterocycles. The summed E-state index contributed by atoms with van der Waals surface area (Å²) in [7, 11) is 2.20. The summed E-state index contributed by atoms with van der Waals surface area (Å²) >= 11 is 0. The minimum absolute atomic E-state index is 0.764. The molecule has 0 bridgehead atoms. The molecular formula is C19H32N2O2. The Kier molecular flexibility index (Phi) is 8.26. The number of hydrogen-bond acceptors (Lipinski definition) is 4. The first kappa shape index (κ1) is 18.1. The van der Waals surface area contributed by atoms with Gasteiger partial charge in [-0.2, -0.15) is 0 Å². The summed E-state index contributed by atoms with van der Waals surface area (Å²) in [6.07, 6.45) is 4.52. The topological polar surface area (TPSA) is 24.9 Å². The summed E-state index contributed by atoms with van der Waals surface area (Å²) in [5.41, 5.74) is 0. The van der Waals surface area contributed by atoms with Crippen LogP contribution >= 0.6 is 0 Å². The van der Waals surface area contributed by atoms with Gasteiger partial charge >= 0.3 is 0 Å². The van der Waals surface area contributed by atoms with Gasteiger partial charge in [-0.25, -0.2) is 0 Å². The molecule has 1 saturated heterocycles. The first-order chi connectivity index (χ1) is 11.3. The molecule has 1 fully saturated rings. The van der Waals surface area contributed by atoms with Crippen molar-refractivity contribution in [1.29, 1.82) is 0 Å². The van der Waals surface area contributed by atoms with Crippen molar-refractivity contribution in [2.45, 2.75) is 32.6 Å². The summed E-state index contributed by atoms with van der Waals surface area (Å²) in [4.78, 5) is 4.96. The zero-order chi connectivity index (χ0) is 16.3. The van der Waals surface area contributed by atoms with E-state index in [1.54, 1.807) is 0 Å². The fourth-order valence-electron chi connectivity index (χ4n) is 2.71. The SMILES string of the molecule is CCCCOc1ccccc1OCCCCN1CCN(C)CC1. The Morgan fingerprint density at radius 2 is 1.48 bits per heavy atom. The van der Waals surface area contributed by atoms with Crippen molar-refractivity contribution in [2.24, 2.45) is 0 Å². The lowest BCUT2D eigenvalue weighted by Gasteiger charge is -2.32. The molecule has 1 aromatic carbocycles. The van der Waals surface area contributed by atoms with Gasteiger partial charge in [-0.15, -0.1) is 0 Å². The highest BCUT2D eigenvalue weighted by atomic mass is 16.5. The van der Waals surface area contributed by atoms with Gasteiger partial charge in [0.05, 0.1) is 13.2 Å². The molecule has 0 N–H and O–H groups in total. The molecule has 1 aliphatic rings. The number of benzene rings is 1. The monoisotopic (exact) mass is 320 g/mol. The van der Waals surface area contributed by atoms with Crippen LogP contribution in [0.3, 0.4) is 0 Å². The third-order valence-electron chi connectivity index (χ3n) is 4.33. The molecule has 0 radical (unpaired) electrons. The van der Waals surface area contributed by atoms with Gasteiger partial charge in [0.15, 0.2) is 11.5 Å². The van der Waals surface area contributed by atoms with E-state index in [9.17, 15) is 0 Å². The number of unbranched alkanes of at least 4 members (excludes halogenated alkanes) is 2. The minimum atomic E-state index is 0.764. The van der Waals surface area contributed by atoms with Gasteiger partial charge in [0.25, 0.3) is 0 Å². The zero-order valence-corrected chi connectivity index (χ0v) is 14.8. The standard InChI is InChI=1S/C19H32N2O2/c1-3-4-16-22-18-9-5-6-10-19(18)23-17-8-7-11-21-14-12-20(2)13-15-21/h5-6,9-10H,3-4,7-8,11-17H2,1-2H3. The largest absolute Gasteiger partial charge is 0.490 e.